The maximum absolute atomic E-state index is 6.16. The molecule has 0 N–H and O–H groups in total. The Balaban J connectivity index is 0.000000120. The molecule has 0 fully saturated rings. The van der Waals surface area contributed by atoms with Gasteiger partial charge in [0.2, 0.25) is 17.1 Å². The Morgan fingerprint density at radius 3 is 1.01 bits per heavy atom. The molecular formula is C125H103Ir3N18O3-15. The third-order valence-corrected chi connectivity index (χ3v) is 25.2. The number of para-hydroxylation sites is 4. The summed E-state index contributed by atoms with van der Waals surface area (Å²) in [5, 5.41) is 11.0. The Hall–Kier alpha value is -15.8. The summed E-state index contributed by atoms with van der Waals surface area (Å²) < 4.78 is 18.3. The fraction of sp³-hybridized carbons (Fsp3) is 0.120. The number of hydrogen-bond donors (Lipinski definition) is 0. The number of benzene rings is 11. The molecule has 0 unspecified atom stereocenters. The zero-order valence-electron chi connectivity index (χ0n) is 82.2. The monoisotopic (exact) mass is 2480 g/mol. The number of pyridine rings is 6. The zero-order valence-corrected chi connectivity index (χ0v) is 89.4. The standard InChI is InChI=1S/C34H28N6O2.2C22H22N4.C17H11N2O.2C15H10N.3Ir/c1-23-11-13-27-25-7-5-9-29(31(25)41-33(27)35-23)39-19-17-37(21-39)15-3-4-16-38-18-20-40(22-38)30-10-6-8-26-28-14-12-24(2)36-34(28)42-32(26)30;2*1-3-9-21(10-4-1)25-17-15-23(19-25)13-7-8-14-24-16-18-26(20-24)22-11-5-2-6-12-22;1-11-8-9-13-12-5-4-6-14(15-7-2-3-10-18-15)16(12)20-17(13)19-11;1-2-7-13(8-3-1)15-14-9-5-4-6-12(14)10-11-16-15;1-2-6-12(7-3-1)15-10-13-8-4-5-9-14(13)11-16-15;;;/h5-8,11-14,17-22H,3-4,15-16H2,1-2H3;2*1-6,9,11,15-20H,7-8,13-14H2;2-5,7-10H,1H3;1-7,9-11H;1-6,8-11H;;;/q3*-4;3*-1;;;. The molecule has 149 heavy (non-hydrogen) atoms. The van der Waals surface area contributed by atoms with Crippen molar-refractivity contribution < 1.29 is 73.6 Å². The van der Waals surface area contributed by atoms with Crippen LogP contribution in [0.2, 0.25) is 0 Å². The van der Waals surface area contributed by atoms with Crippen molar-refractivity contribution in [3.05, 3.63) is 502 Å². The smallest absolute Gasteiger partial charge is 0.216 e. The molecule has 20 aromatic rings. The van der Waals surface area contributed by atoms with Crippen LogP contribution in [0.5, 0.6) is 0 Å². The molecule has 0 amide bonds. The number of aryl methyl sites for hydroxylation is 3. The van der Waals surface area contributed by atoms with Crippen LogP contribution in [0.15, 0.2) is 403 Å². The van der Waals surface area contributed by atoms with Gasteiger partial charge in [-0.2, -0.15) is 198 Å². The van der Waals surface area contributed by atoms with E-state index >= 15 is 0 Å². The quantitative estimate of drug-likeness (QED) is 0.0415. The number of hydrogen-bond acceptors (Lipinski definition) is 21. The van der Waals surface area contributed by atoms with Gasteiger partial charge < -0.3 is 87.0 Å². The summed E-state index contributed by atoms with van der Waals surface area (Å²) in [6, 6.07) is 128. The Morgan fingerprint density at radius 1 is 0.255 bits per heavy atom. The molecule has 15 heterocycles. The number of anilines is 6. The van der Waals surface area contributed by atoms with Crippen molar-refractivity contribution in [2.24, 2.45) is 0 Å². The van der Waals surface area contributed by atoms with E-state index < -0.39 is 0 Å². The first-order valence-corrected chi connectivity index (χ1v) is 49.1. The van der Waals surface area contributed by atoms with Gasteiger partial charge in [0, 0.05) is 123 Å². The third kappa shape index (κ3) is 25.4. The predicted molar refractivity (Wildman–Crippen MR) is 585 cm³/mol. The Labute approximate surface area is 911 Å². The maximum Gasteiger partial charge on any atom is 0.216 e. The minimum absolute atomic E-state index is 0. The zero-order chi connectivity index (χ0) is 98.5. The largest absolute Gasteiger partial charge is 0.508 e. The molecule has 0 atom stereocenters. The van der Waals surface area contributed by atoms with E-state index in [0.29, 0.717) is 17.1 Å². The van der Waals surface area contributed by atoms with Gasteiger partial charge in [0.15, 0.2) is 0 Å². The summed E-state index contributed by atoms with van der Waals surface area (Å²) in [6.07, 6.45) is 37.3. The van der Waals surface area contributed by atoms with Crippen LogP contribution in [0, 0.1) is 115 Å². The van der Waals surface area contributed by atoms with Gasteiger partial charge in [-0.05, 0) is 260 Å². The summed E-state index contributed by atoms with van der Waals surface area (Å²) in [5.74, 6) is 0. The van der Waals surface area contributed by atoms with Crippen LogP contribution < -0.4 is 29.4 Å². The summed E-state index contributed by atoms with van der Waals surface area (Å²) in [4.78, 5) is 52.7. The molecule has 0 spiro atoms. The van der Waals surface area contributed by atoms with Crippen molar-refractivity contribution in [2.45, 2.75) is 59.3 Å². The van der Waals surface area contributed by atoms with Gasteiger partial charge in [-0.3, -0.25) is 0 Å². The number of nitrogens with zero attached hydrogens (tertiary/aromatic N) is 18. The van der Waals surface area contributed by atoms with Crippen LogP contribution in [0.4, 0.5) is 34.1 Å². The van der Waals surface area contributed by atoms with Gasteiger partial charge in [-0.1, -0.05) is 99.8 Å². The van der Waals surface area contributed by atoms with E-state index in [-0.39, 0.29) is 60.3 Å². The Morgan fingerprint density at radius 2 is 0.611 bits per heavy atom. The van der Waals surface area contributed by atoms with Crippen LogP contribution in [0.3, 0.4) is 0 Å². The number of fused-ring (bicyclic) bond motifs is 11. The van der Waals surface area contributed by atoms with Crippen molar-refractivity contribution in [1.82, 2.24) is 59.3 Å². The normalized spacial score (nSPS) is 13.7. The number of unbranched alkanes of at least 4 members (excludes halogenated alkanes) is 3. The molecule has 0 saturated heterocycles. The first kappa shape index (κ1) is 103. The van der Waals surface area contributed by atoms with Gasteiger partial charge in [-0.15, -0.1) is 113 Å². The first-order chi connectivity index (χ1) is 72.1. The Bertz CT molecular complexity index is 7580. The molecule has 0 bridgehead atoms. The second kappa shape index (κ2) is 50.1. The average Bonchev–Trinajstić information content (AvgIpc) is 1.81. The number of furan rings is 3. The molecule has 6 aliphatic rings. The maximum atomic E-state index is 6.16. The number of aromatic nitrogens is 6. The van der Waals surface area contributed by atoms with Crippen molar-refractivity contribution in [2.75, 3.05) is 68.7 Å². The van der Waals surface area contributed by atoms with E-state index in [1.807, 2.05) is 264 Å². The summed E-state index contributed by atoms with van der Waals surface area (Å²) in [7, 11) is 0. The topological polar surface area (TPSA) is 156 Å². The summed E-state index contributed by atoms with van der Waals surface area (Å²) in [5.41, 5.74) is 19.0. The van der Waals surface area contributed by atoms with Crippen molar-refractivity contribution in [1.29, 1.82) is 0 Å². The molecule has 11 aromatic carbocycles. The third-order valence-electron chi connectivity index (χ3n) is 25.2. The molecule has 6 aliphatic heterocycles. The van der Waals surface area contributed by atoms with E-state index in [0.717, 1.165) is 212 Å². The second-order valence-corrected chi connectivity index (χ2v) is 35.5. The predicted octanol–water partition coefficient (Wildman–Crippen LogP) is 27.3. The van der Waals surface area contributed by atoms with Gasteiger partial charge in [0.1, 0.15) is 0 Å². The minimum Gasteiger partial charge on any atom is -0.508 e. The second-order valence-electron chi connectivity index (χ2n) is 35.5. The molecule has 21 nitrogen and oxygen atoms in total. The molecular weight excluding hydrogens is 2380 g/mol. The fourth-order valence-corrected chi connectivity index (χ4v) is 17.8. The van der Waals surface area contributed by atoms with Crippen molar-refractivity contribution >= 4 is 122 Å². The van der Waals surface area contributed by atoms with Gasteiger partial charge in [0.25, 0.3) is 0 Å². The van der Waals surface area contributed by atoms with Gasteiger partial charge in [-0.25, -0.2) is 15.0 Å². The van der Waals surface area contributed by atoms with Crippen LogP contribution in [0.25, 0.3) is 122 Å². The van der Waals surface area contributed by atoms with Crippen molar-refractivity contribution in [3.8, 4) is 33.8 Å². The summed E-state index contributed by atoms with van der Waals surface area (Å²) in [6.45, 7) is 24.5. The first-order valence-electron chi connectivity index (χ1n) is 49.1. The van der Waals surface area contributed by atoms with Crippen LogP contribution >= 0.6 is 0 Å². The van der Waals surface area contributed by atoms with E-state index in [9.17, 15) is 0 Å². The van der Waals surface area contributed by atoms with Crippen molar-refractivity contribution in [3.63, 3.8) is 0 Å². The van der Waals surface area contributed by atoms with Crippen LogP contribution in [-0.2, 0) is 60.3 Å². The van der Waals surface area contributed by atoms with E-state index in [2.05, 4.69) is 324 Å². The van der Waals surface area contributed by atoms with E-state index in [4.69, 9.17) is 13.3 Å². The number of rotatable bonds is 24. The van der Waals surface area contributed by atoms with E-state index in [1.165, 1.54) is 21.5 Å². The van der Waals surface area contributed by atoms with Gasteiger partial charge >= 0.3 is 0 Å². The van der Waals surface area contributed by atoms with E-state index in [1.54, 1.807) is 6.20 Å². The molecule has 24 heteroatoms. The van der Waals surface area contributed by atoms with Gasteiger partial charge in [0.05, 0.1) is 5.58 Å². The van der Waals surface area contributed by atoms with Crippen LogP contribution in [-0.4, -0.2) is 98.6 Å². The Kier molecular flexibility index (Phi) is 34.7. The molecule has 753 valence electrons. The molecule has 26 rings (SSSR count). The minimum atomic E-state index is 0. The summed E-state index contributed by atoms with van der Waals surface area (Å²) >= 11 is 0. The SMILES string of the molecule is Cc1ccc2c(n1)oc1c(-c3ccccn3)[c-]ccc12.Cc1ccc2c(n1)oc1c(N3C=CN(CCCCN4C=CN(c5[c-]ccc6c5oc5nc(C)ccc56)[CH-]4)[CH-]3)[c-]ccc12.[Ir].[Ir].[Ir].[c-]1ccccc1-c1cc2ccccc2cn1.[c-]1ccccc1-c1nccc2ccccc12.[c-]1ccccc1N1C=CN(CCCCN2C=CN(c3[c-]cccc3)[CH-]2)[CH-]1.[c-]1ccccc1N1C=CN(CCCCN2C=CN(c3[c-]cccc3)[CH-]2)[CH-]1. The van der Waals surface area contributed by atoms with Crippen LogP contribution in [0.1, 0.15) is 55.6 Å². The molecule has 0 aliphatic carbocycles. The molecule has 0 saturated carbocycles. The molecule has 3 radical (unpaired) electrons. The average molecular weight is 2480 g/mol. The molecule has 9 aromatic heterocycles. The fourth-order valence-electron chi connectivity index (χ4n) is 17.8.